The third-order valence-electron chi connectivity index (χ3n) is 5.30. The van der Waals surface area contributed by atoms with Gasteiger partial charge in [-0.25, -0.2) is 0 Å². The molecule has 150 valence electrons. The van der Waals surface area contributed by atoms with Crippen LogP contribution in [0.1, 0.15) is 29.2 Å². The zero-order valence-electron chi connectivity index (χ0n) is 17.5. The van der Waals surface area contributed by atoms with Gasteiger partial charge in [0, 0.05) is 16.7 Å². The highest BCUT2D eigenvalue weighted by atomic mass is 16.3. The van der Waals surface area contributed by atoms with E-state index in [4.69, 9.17) is 0 Å². The average Bonchev–Trinajstić information content (AvgIpc) is 2.84. The monoisotopic (exact) mass is 400 g/mol. The first kappa shape index (κ1) is 20.4. The van der Waals surface area contributed by atoms with Crippen LogP contribution in [0, 0.1) is 11.8 Å². The van der Waals surface area contributed by atoms with Crippen molar-refractivity contribution in [2.75, 3.05) is 0 Å². The minimum absolute atomic E-state index is 0.786. The summed E-state index contributed by atoms with van der Waals surface area (Å²) in [5.41, 5.74) is 4.03. The van der Waals surface area contributed by atoms with Crippen LogP contribution in [-0.2, 0) is 5.60 Å². The number of rotatable bonds is 4. The van der Waals surface area contributed by atoms with E-state index >= 15 is 0 Å². The molecule has 0 bridgehead atoms. The summed E-state index contributed by atoms with van der Waals surface area (Å²) in [6.07, 6.45) is 0. The van der Waals surface area contributed by atoms with Gasteiger partial charge in [-0.05, 0) is 35.7 Å². The summed E-state index contributed by atoms with van der Waals surface area (Å²) in [5.74, 6) is 6.69. The lowest BCUT2D eigenvalue weighted by molar-refractivity contribution is 0.123. The minimum atomic E-state index is -1.24. The van der Waals surface area contributed by atoms with Crippen LogP contribution in [0.25, 0.3) is 11.1 Å². The molecule has 0 amide bonds. The van der Waals surface area contributed by atoms with Crippen molar-refractivity contribution in [1.82, 2.24) is 0 Å². The molecule has 0 saturated carbocycles. The molecule has 31 heavy (non-hydrogen) atoms. The first-order chi connectivity index (χ1) is 15.2. The maximum Gasteiger partial charge on any atom is 0.114 e. The number of benzene rings is 4. The molecule has 1 atom stereocenters. The van der Waals surface area contributed by atoms with Crippen LogP contribution in [-0.4, -0.2) is 5.11 Å². The summed E-state index contributed by atoms with van der Waals surface area (Å²) < 4.78 is 0. The molecule has 1 unspecified atom stereocenters. The summed E-state index contributed by atoms with van der Waals surface area (Å²) >= 11 is 0. The van der Waals surface area contributed by atoms with Gasteiger partial charge in [0.05, 0.1) is 0 Å². The fourth-order valence-electron chi connectivity index (χ4n) is 3.72. The Balaban J connectivity index is 2.03. The Bertz CT molecular complexity index is 1210. The SMILES string of the molecule is CC(O)(/C(=C(\C#Cc1ccccc1)c1ccccc1)c1ccccc1)c1ccccc1. The van der Waals surface area contributed by atoms with E-state index in [9.17, 15) is 5.11 Å². The lowest BCUT2D eigenvalue weighted by Crippen LogP contribution is -2.24. The fraction of sp³-hybridized carbons (Fsp3) is 0.0667. The molecule has 4 aromatic carbocycles. The highest BCUT2D eigenvalue weighted by Gasteiger charge is 2.32. The van der Waals surface area contributed by atoms with Crippen LogP contribution >= 0.6 is 0 Å². The minimum Gasteiger partial charge on any atom is -0.381 e. The van der Waals surface area contributed by atoms with E-state index in [1.54, 1.807) is 0 Å². The predicted molar refractivity (Wildman–Crippen MR) is 129 cm³/mol. The van der Waals surface area contributed by atoms with Gasteiger partial charge in [0.25, 0.3) is 0 Å². The molecule has 0 heterocycles. The van der Waals surface area contributed by atoms with Gasteiger partial charge < -0.3 is 5.11 Å². The smallest absolute Gasteiger partial charge is 0.114 e. The van der Waals surface area contributed by atoms with Crippen LogP contribution in [0.5, 0.6) is 0 Å². The zero-order valence-corrected chi connectivity index (χ0v) is 17.5. The van der Waals surface area contributed by atoms with E-state index in [0.717, 1.165) is 33.4 Å². The molecule has 0 aliphatic rings. The first-order valence-electron chi connectivity index (χ1n) is 10.4. The standard InChI is InChI=1S/C30H24O/c1-30(31,27-20-12-5-13-21-27)29(26-18-10-4-11-19-26)28(25-16-8-3-9-17-25)23-22-24-14-6-2-7-15-24/h2-21,31H,1H3/b29-28+. The van der Waals surface area contributed by atoms with Crippen molar-refractivity contribution in [2.24, 2.45) is 0 Å². The van der Waals surface area contributed by atoms with Crippen LogP contribution in [0.15, 0.2) is 121 Å². The lowest BCUT2D eigenvalue weighted by Gasteiger charge is -2.29. The molecule has 0 radical (unpaired) electrons. The van der Waals surface area contributed by atoms with Gasteiger partial charge in [-0.2, -0.15) is 0 Å². The van der Waals surface area contributed by atoms with Gasteiger partial charge in [-0.3, -0.25) is 0 Å². The highest BCUT2D eigenvalue weighted by Crippen LogP contribution is 2.41. The molecular formula is C30H24O. The van der Waals surface area contributed by atoms with Crippen molar-refractivity contribution in [1.29, 1.82) is 0 Å². The quantitative estimate of drug-likeness (QED) is 0.304. The van der Waals surface area contributed by atoms with Crippen molar-refractivity contribution in [2.45, 2.75) is 12.5 Å². The Kier molecular flexibility index (Phi) is 6.13. The first-order valence-corrected chi connectivity index (χ1v) is 10.4. The summed E-state index contributed by atoms with van der Waals surface area (Å²) in [6.45, 7) is 1.85. The molecule has 4 rings (SSSR count). The third-order valence-corrected chi connectivity index (χ3v) is 5.30. The van der Waals surface area contributed by atoms with Gasteiger partial charge in [-0.15, -0.1) is 0 Å². The second-order valence-corrected chi connectivity index (χ2v) is 7.54. The molecular weight excluding hydrogens is 376 g/mol. The van der Waals surface area contributed by atoms with Crippen LogP contribution in [0.3, 0.4) is 0 Å². The van der Waals surface area contributed by atoms with Crippen molar-refractivity contribution in [3.63, 3.8) is 0 Å². The van der Waals surface area contributed by atoms with Crippen LogP contribution < -0.4 is 0 Å². The van der Waals surface area contributed by atoms with E-state index in [1.807, 2.05) is 128 Å². The molecule has 0 saturated heterocycles. The Morgan fingerprint density at radius 1 is 0.613 bits per heavy atom. The number of allylic oxidation sites excluding steroid dienone is 1. The van der Waals surface area contributed by atoms with Crippen molar-refractivity contribution >= 4 is 11.1 Å². The van der Waals surface area contributed by atoms with Crippen LogP contribution in [0.2, 0.25) is 0 Å². The molecule has 0 aromatic heterocycles. The zero-order chi connectivity index (χ0) is 21.5. The van der Waals surface area contributed by atoms with E-state index in [2.05, 4.69) is 11.8 Å². The average molecular weight is 401 g/mol. The maximum atomic E-state index is 11.9. The Hall–Kier alpha value is -3.86. The summed E-state index contributed by atoms with van der Waals surface area (Å²) in [7, 11) is 0. The van der Waals surface area contributed by atoms with Crippen LogP contribution in [0.4, 0.5) is 0 Å². The lowest BCUT2D eigenvalue weighted by atomic mass is 9.79. The van der Waals surface area contributed by atoms with Gasteiger partial charge >= 0.3 is 0 Å². The normalized spacial score (nSPS) is 13.4. The Labute approximate surface area is 184 Å². The van der Waals surface area contributed by atoms with Gasteiger partial charge in [0.15, 0.2) is 0 Å². The summed E-state index contributed by atoms with van der Waals surface area (Å²) in [4.78, 5) is 0. The second kappa shape index (κ2) is 9.30. The number of hydrogen-bond acceptors (Lipinski definition) is 1. The molecule has 0 aliphatic carbocycles. The number of aliphatic hydroxyl groups is 1. The van der Waals surface area contributed by atoms with Crippen molar-refractivity contribution in [3.8, 4) is 11.8 Å². The Morgan fingerprint density at radius 3 is 1.61 bits per heavy atom. The third kappa shape index (κ3) is 4.67. The van der Waals surface area contributed by atoms with Gasteiger partial charge in [0.1, 0.15) is 5.60 Å². The van der Waals surface area contributed by atoms with Gasteiger partial charge in [-0.1, -0.05) is 121 Å². The van der Waals surface area contributed by atoms with Crippen molar-refractivity contribution in [3.05, 3.63) is 144 Å². The molecule has 1 heteroatoms. The molecule has 0 spiro atoms. The molecule has 0 fully saturated rings. The van der Waals surface area contributed by atoms with E-state index < -0.39 is 5.60 Å². The summed E-state index contributed by atoms with van der Waals surface area (Å²) in [5, 5.41) is 11.9. The fourth-order valence-corrected chi connectivity index (χ4v) is 3.72. The largest absolute Gasteiger partial charge is 0.381 e. The second-order valence-electron chi connectivity index (χ2n) is 7.54. The maximum absolute atomic E-state index is 11.9. The van der Waals surface area contributed by atoms with E-state index in [0.29, 0.717) is 0 Å². The number of hydrogen-bond donors (Lipinski definition) is 1. The molecule has 0 aliphatic heterocycles. The van der Waals surface area contributed by atoms with E-state index in [-0.39, 0.29) is 0 Å². The Morgan fingerprint density at radius 2 is 1.06 bits per heavy atom. The molecule has 4 aromatic rings. The highest BCUT2D eigenvalue weighted by molar-refractivity contribution is 6.01. The van der Waals surface area contributed by atoms with Crippen molar-refractivity contribution < 1.29 is 5.11 Å². The topological polar surface area (TPSA) is 20.2 Å². The van der Waals surface area contributed by atoms with Gasteiger partial charge in [0.2, 0.25) is 0 Å². The molecule has 1 N–H and O–H groups in total. The van der Waals surface area contributed by atoms with E-state index in [1.165, 1.54) is 0 Å². The predicted octanol–water partition coefficient (Wildman–Crippen LogP) is 6.56. The summed E-state index contributed by atoms with van der Waals surface area (Å²) in [6, 6.07) is 39.8. The molecule has 1 nitrogen and oxygen atoms in total.